The molecule has 2 atom stereocenters. The lowest BCUT2D eigenvalue weighted by Crippen LogP contribution is -2.31. The van der Waals surface area contributed by atoms with E-state index in [2.05, 4.69) is 5.32 Å². The minimum atomic E-state index is -0.444. The van der Waals surface area contributed by atoms with Crippen LogP contribution in [0.4, 0.5) is 0 Å². The normalized spacial score (nSPS) is 18.6. The van der Waals surface area contributed by atoms with E-state index in [1.807, 2.05) is 31.2 Å². The summed E-state index contributed by atoms with van der Waals surface area (Å²) in [5, 5.41) is 13.8. The van der Waals surface area contributed by atoms with Gasteiger partial charge in [-0.3, -0.25) is 0 Å². The number of aliphatic hydroxyl groups is 1. The molecule has 0 saturated heterocycles. The number of hydrogen-bond donors (Lipinski definition) is 2. The van der Waals surface area contributed by atoms with Crippen molar-refractivity contribution in [2.45, 2.75) is 38.0 Å². The smallest absolute Gasteiger partial charge is 0.0898 e. The van der Waals surface area contributed by atoms with E-state index in [0.29, 0.717) is 19.2 Å². The van der Waals surface area contributed by atoms with E-state index in [0.717, 1.165) is 10.6 Å². The second-order valence-electron chi connectivity index (χ2n) is 4.86. The molecule has 2 rings (SSSR count). The minimum Gasteiger partial charge on any atom is -0.389 e. The number of ether oxygens (including phenoxy) is 1. The van der Waals surface area contributed by atoms with Crippen LogP contribution < -0.4 is 5.32 Å². The minimum absolute atomic E-state index is 0.0298. The molecule has 1 aromatic rings. The Morgan fingerprint density at radius 2 is 2.06 bits per heavy atom. The Balaban J connectivity index is 1.69. The van der Waals surface area contributed by atoms with Gasteiger partial charge in [0, 0.05) is 17.6 Å². The highest BCUT2D eigenvalue weighted by Crippen LogP contribution is 2.20. The first kappa shape index (κ1) is 13.8. The van der Waals surface area contributed by atoms with Gasteiger partial charge in [0.15, 0.2) is 0 Å². The maximum absolute atomic E-state index is 9.76. The van der Waals surface area contributed by atoms with Gasteiger partial charge in [-0.1, -0.05) is 23.7 Å². The predicted octanol–water partition coefficient (Wildman–Crippen LogP) is 2.53. The van der Waals surface area contributed by atoms with Gasteiger partial charge in [0.2, 0.25) is 0 Å². The first-order valence-electron chi connectivity index (χ1n) is 6.43. The van der Waals surface area contributed by atoms with Crippen molar-refractivity contribution in [3.8, 4) is 0 Å². The second-order valence-corrected chi connectivity index (χ2v) is 5.30. The fraction of sp³-hybridized carbons (Fsp3) is 0.571. The Bertz CT molecular complexity index is 365. The lowest BCUT2D eigenvalue weighted by Gasteiger charge is -2.17. The lowest BCUT2D eigenvalue weighted by atomic mass is 10.1. The molecule has 3 nitrogen and oxygen atoms in total. The zero-order valence-corrected chi connectivity index (χ0v) is 11.4. The van der Waals surface area contributed by atoms with Crippen molar-refractivity contribution >= 4 is 11.6 Å². The summed E-state index contributed by atoms with van der Waals surface area (Å²) >= 11 is 5.83. The maximum atomic E-state index is 9.76. The molecule has 4 heteroatoms. The van der Waals surface area contributed by atoms with Crippen LogP contribution in [0.5, 0.6) is 0 Å². The van der Waals surface area contributed by atoms with E-state index < -0.39 is 6.10 Å². The molecular weight excluding hydrogens is 250 g/mol. The van der Waals surface area contributed by atoms with Crippen molar-refractivity contribution in [3.05, 3.63) is 34.9 Å². The highest BCUT2D eigenvalue weighted by atomic mass is 35.5. The van der Waals surface area contributed by atoms with Crippen LogP contribution in [0.15, 0.2) is 24.3 Å². The maximum Gasteiger partial charge on any atom is 0.0898 e. The summed E-state index contributed by atoms with van der Waals surface area (Å²) in [5.74, 6) is 0. The Kier molecular flexibility index (Phi) is 5.01. The first-order valence-corrected chi connectivity index (χ1v) is 6.81. The van der Waals surface area contributed by atoms with Crippen molar-refractivity contribution in [1.29, 1.82) is 0 Å². The predicted molar refractivity (Wildman–Crippen MR) is 72.9 cm³/mol. The van der Waals surface area contributed by atoms with Crippen molar-refractivity contribution in [1.82, 2.24) is 5.32 Å². The summed E-state index contributed by atoms with van der Waals surface area (Å²) in [6.45, 7) is 2.94. The SMILES string of the molecule is C[C@@H](OC[C@H](O)CNC1CC1)c1ccc(Cl)cc1. The van der Waals surface area contributed by atoms with E-state index in [1.165, 1.54) is 12.8 Å². The second kappa shape index (κ2) is 6.53. The Morgan fingerprint density at radius 1 is 1.39 bits per heavy atom. The van der Waals surface area contributed by atoms with Crippen molar-refractivity contribution in [2.75, 3.05) is 13.2 Å². The van der Waals surface area contributed by atoms with E-state index in [1.54, 1.807) is 0 Å². The Morgan fingerprint density at radius 3 is 2.67 bits per heavy atom. The van der Waals surface area contributed by atoms with Gasteiger partial charge in [-0.2, -0.15) is 0 Å². The van der Waals surface area contributed by atoms with Crippen LogP contribution in [-0.4, -0.2) is 30.4 Å². The average Bonchev–Trinajstić information content (AvgIpc) is 3.18. The Labute approximate surface area is 113 Å². The molecule has 0 amide bonds. The third-order valence-electron chi connectivity index (χ3n) is 3.10. The largest absolute Gasteiger partial charge is 0.389 e. The molecule has 1 saturated carbocycles. The molecule has 1 aromatic carbocycles. The van der Waals surface area contributed by atoms with Crippen LogP contribution in [0, 0.1) is 0 Å². The van der Waals surface area contributed by atoms with Gasteiger partial charge in [0.1, 0.15) is 0 Å². The van der Waals surface area contributed by atoms with Crippen molar-refractivity contribution < 1.29 is 9.84 Å². The van der Waals surface area contributed by atoms with Crippen LogP contribution in [0.2, 0.25) is 5.02 Å². The molecule has 1 fully saturated rings. The standard InChI is InChI=1S/C14H20ClNO2/c1-10(11-2-4-12(15)5-3-11)18-9-14(17)8-16-13-6-7-13/h2-5,10,13-14,16-17H,6-9H2,1H3/t10-,14-/m1/s1. The van der Waals surface area contributed by atoms with E-state index >= 15 is 0 Å². The zero-order chi connectivity index (χ0) is 13.0. The molecule has 2 N–H and O–H groups in total. The van der Waals surface area contributed by atoms with Crippen LogP contribution >= 0.6 is 11.6 Å². The molecule has 0 spiro atoms. The number of hydrogen-bond acceptors (Lipinski definition) is 3. The van der Waals surface area contributed by atoms with Gasteiger partial charge >= 0.3 is 0 Å². The van der Waals surface area contributed by atoms with Gasteiger partial charge in [-0.05, 0) is 37.5 Å². The van der Waals surface area contributed by atoms with Crippen LogP contribution in [0.3, 0.4) is 0 Å². The zero-order valence-electron chi connectivity index (χ0n) is 10.6. The van der Waals surface area contributed by atoms with Crippen LogP contribution in [0.1, 0.15) is 31.4 Å². The fourth-order valence-corrected chi connectivity index (χ4v) is 1.86. The summed E-state index contributed by atoms with van der Waals surface area (Å²) in [6.07, 6.45) is 1.99. The molecule has 0 heterocycles. The summed E-state index contributed by atoms with van der Waals surface area (Å²) in [5.41, 5.74) is 1.07. The molecule has 1 aliphatic carbocycles. The molecule has 18 heavy (non-hydrogen) atoms. The number of aliphatic hydroxyl groups excluding tert-OH is 1. The summed E-state index contributed by atoms with van der Waals surface area (Å²) in [7, 11) is 0. The Hall–Kier alpha value is -0.610. The number of nitrogens with one attached hydrogen (secondary N) is 1. The quantitative estimate of drug-likeness (QED) is 0.799. The molecule has 0 unspecified atom stereocenters. The third-order valence-corrected chi connectivity index (χ3v) is 3.35. The first-order chi connectivity index (χ1) is 8.65. The molecule has 100 valence electrons. The van der Waals surface area contributed by atoms with Gasteiger partial charge < -0.3 is 15.2 Å². The molecule has 0 bridgehead atoms. The number of benzene rings is 1. The molecule has 1 aliphatic rings. The summed E-state index contributed by atoms with van der Waals surface area (Å²) in [4.78, 5) is 0. The molecule has 0 radical (unpaired) electrons. The van der Waals surface area contributed by atoms with E-state index in [4.69, 9.17) is 16.3 Å². The average molecular weight is 270 g/mol. The van der Waals surface area contributed by atoms with Gasteiger partial charge in [0.25, 0.3) is 0 Å². The lowest BCUT2D eigenvalue weighted by molar-refractivity contribution is -0.00212. The number of rotatable bonds is 7. The van der Waals surface area contributed by atoms with Gasteiger partial charge in [-0.15, -0.1) is 0 Å². The van der Waals surface area contributed by atoms with E-state index in [9.17, 15) is 5.11 Å². The summed E-state index contributed by atoms with van der Waals surface area (Å²) < 4.78 is 5.65. The number of halogens is 1. The highest BCUT2D eigenvalue weighted by molar-refractivity contribution is 6.30. The van der Waals surface area contributed by atoms with Crippen molar-refractivity contribution in [3.63, 3.8) is 0 Å². The molecule has 0 aromatic heterocycles. The van der Waals surface area contributed by atoms with E-state index in [-0.39, 0.29) is 6.10 Å². The van der Waals surface area contributed by atoms with Crippen LogP contribution in [-0.2, 0) is 4.74 Å². The topological polar surface area (TPSA) is 41.5 Å². The highest BCUT2D eigenvalue weighted by Gasteiger charge is 2.21. The monoisotopic (exact) mass is 269 g/mol. The summed E-state index contributed by atoms with van der Waals surface area (Å²) in [6, 6.07) is 8.21. The third kappa shape index (κ3) is 4.58. The molecular formula is C14H20ClNO2. The van der Waals surface area contributed by atoms with Crippen molar-refractivity contribution in [2.24, 2.45) is 0 Å². The fourth-order valence-electron chi connectivity index (χ4n) is 1.73. The van der Waals surface area contributed by atoms with Gasteiger partial charge in [0.05, 0.1) is 18.8 Å². The molecule has 0 aliphatic heterocycles. The van der Waals surface area contributed by atoms with Gasteiger partial charge in [-0.25, -0.2) is 0 Å². The van der Waals surface area contributed by atoms with Crippen LogP contribution in [0.25, 0.3) is 0 Å².